The van der Waals surface area contributed by atoms with Crippen LogP contribution in [0.2, 0.25) is 0 Å². The van der Waals surface area contributed by atoms with Gasteiger partial charge in [0, 0.05) is 11.6 Å². The molecule has 0 atom stereocenters. The molecule has 3 aromatic rings. The van der Waals surface area contributed by atoms with E-state index in [0.29, 0.717) is 11.7 Å². The molecule has 0 aliphatic carbocycles. The van der Waals surface area contributed by atoms with Crippen molar-refractivity contribution in [2.75, 3.05) is 7.11 Å². The summed E-state index contributed by atoms with van der Waals surface area (Å²) in [5, 5.41) is 14.9. The summed E-state index contributed by atoms with van der Waals surface area (Å²) in [5.74, 6) is 1.50. The van der Waals surface area contributed by atoms with Gasteiger partial charge < -0.3 is 14.0 Å². The molecule has 0 aliphatic rings. The molecule has 0 unspecified atom stereocenters. The van der Waals surface area contributed by atoms with Crippen LogP contribution in [-0.2, 0) is 6.61 Å². The van der Waals surface area contributed by atoms with Crippen LogP contribution >= 0.6 is 0 Å². The third kappa shape index (κ3) is 3.74. The Kier molecular flexibility index (Phi) is 4.60. The smallest absolute Gasteiger partial charge is 0.311 e. The largest absolute Gasteiger partial charge is 0.497 e. The van der Waals surface area contributed by atoms with Crippen LogP contribution in [0.3, 0.4) is 0 Å². The maximum atomic E-state index is 11.1. The molecule has 0 N–H and O–H groups in total. The van der Waals surface area contributed by atoms with Crippen molar-refractivity contribution in [3.8, 4) is 23.0 Å². The standard InChI is InChI=1S/C17H15N3O5/c1-11-3-8-15(14(9-11)20(21)22)24-10-16-18-17(25-19-16)12-4-6-13(23-2)7-5-12/h3-9H,10H2,1-2H3. The van der Waals surface area contributed by atoms with Gasteiger partial charge in [-0.1, -0.05) is 11.2 Å². The number of ether oxygens (including phenoxy) is 2. The molecule has 8 nitrogen and oxygen atoms in total. The van der Waals surface area contributed by atoms with Crippen LogP contribution in [0.1, 0.15) is 11.4 Å². The molecule has 1 heterocycles. The Balaban J connectivity index is 1.73. The fraction of sp³-hybridized carbons (Fsp3) is 0.176. The highest BCUT2D eigenvalue weighted by Gasteiger charge is 2.16. The summed E-state index contributed by atoms with van der Waals surface area (Å²) in [6, 6.07) is 11.9. The molecule has 3 rings (SSSR count). The minimum Gasteiger partial charge on any atom is -0.497 e. The molecule has 128 valence electrons. The molecule has 0 saturated carbocycles. The second-order valence-corrected chi connectivity index (χ2v) is 5.26. The van der Waals surface area contributed by atoms with Crippen LogP contribution in [0.4, 0.5) is 5.69 Å². The predicted molar refractivity (Wildman–Crippen MR) is 88.5 cm³/mol. The molecule has 0 amide bonds. The Morgan fingerprint density at radius 2 is 1.96 bits per heavy atom. The van der Waals surface area contributed by atoms with Crippen LogP contribution in [0.15, 0.2) is 47.0 Å². The molecular formula is C17H15N3O5. The lowest BCUT2D eigenvalue weighted by Gasteiger charge is -2.04. The highest BCUT2D eigenvalue weighted by atomic mass is 16.6. The van der Waals surface area contributed by atoms with Crippen molar-refractivity contribution in [3.05, 3.63) is 64.0 Å². The fourth-order valence-electron chi connectivity index (χ4n) is 2.20. The Labute approximate surface area is 143 Å². The number of nitrogens with zero attached hydrogens (tertiary/aromatic N) is 3. The predicted octanol–water partition coefficient (Wildman–Crippen LogP) is 3.54. The number of nitro groups is 1. The normalized spacial score (nSPS) is 10.5. The van der Waals surface area contributed by atoms with Gasteiger partial charge in [-0.15, -0.1) is 0 Å². The number of hydrogen-bond acceptors (Lipinski definition) is 7. The zero-order valence-corrected chi connectivity index (χ0v) is 13.6. The summed E-state index contributed by atoms with van der Waals surface area (Å²) in [4.78, 5) is 14.8. The molecule has 0 bridgehead atoms. The van der Waals surface area contributed by atoms with Crippen LogP contribution in [0, 0.1) is 17.0 Å². The van der Waals surface area contributed by atoms with Gasteiger partial charge in [0.2, 0.25) is 5.82 Å². The second-order valence-electron chi connectivity index (χ2n) is 5.26. The molecule has 0 radical (unpaired) electrons. The van der Waals surface area contributed by atoms with Crippen molar-refractivity contribution < 1.29 is 18.9 Å². The van der Waals surface area contributed by atoms with Crippen LogP contribution in [0.5, 0.6) is 11.5 Å². The number of aromatic nitrogens is 2. The van der Waals surface area contributed by atoms with E-state index in [4.69, 9.17) is 14.0 Å². The van der Waals surface area contributed by atoms with Crippen LogP contribution < -0.4 is 9.47 Å². The maximum absolute atomic E-state index is 11.1. The number of nitro benzene ring substituents is 1. The monoisotopic (exact) mass is 341 g/mol. The Bertz CT molecular complexity index is 890. The SMILES string of the molecule is COc1ccc(-c2nc(COc3ccc(C)cc3[N+](=O)[O-])no2)cc1. The number of benzene rings is 2. The lowest BCUT2D eigenvalue weighted by molar-refractivity contribution is -0.386. The fourth-order valence-corrected chi connectivity index (χ4v) is 2.20. The third-order valence-corrected chi connectivity index (χ3v) is 3.47. The molecule has 0 fully saturated rings. The zero-order valence-electron chi connectivity index (χ0n) is 13.6. The van der Waals surface area contributed by atoms with Gasteiger partial charge in [-0.3, -0.25) is 10.1 Å². The molecule has 8 heteroatoms. The van der Waals surface area contributed by atoms with Crippen molar-refractivity contribution in [1.82, 2.24) is 10.1 Å². The Hall–Kier alpha value is -3.42. The highest BCUT2D eigenvalue weighted by molar-refractivity contribution is 5.54. The van der Waals surface area contributed by atoms with E-state index < -0.39 is 4.92 Å². The first kappa shape index (κ1) is 16.4. The van der Waals surface area contributed by atoms with Gasteiger partial charge in [-0.25, -0.2) is 0 Å². The second kappa shape index (κ2) is 7.00. The molecule has 0 saturated heterocycles. The first-order chi connectivity index (χ1) is 12.1. The van der Waals surface area contributed by atoms with Gasteiger partial charge in [0.05, 0.1) is 12.0 Å². The topological polar surface area (TPSA) is 101 Å². The number of rotatable bonds is 6. The Morgan fingerprint density at radius 1 is 1.20 bits per heavy atom. The molecule has 2 aromatic carbocycles. The van der Waals surface area contributed by atoms with Crippen LogP contribution in [-0.4, -0.2) is 22.2 Å². The molecular weight excluding hydrogens is 326 g/mol. The number of aryl methyl sites for hydroxylation is 1. The first-order valence-electron chi connectivity index (χ1n) is 7.41. The summed E-state index contributed by atoms with van der Waals surface area (Å²) in [5.41, 5.74) is 1.42. The summed E-state index contributed by atoms with van der Waals surface area (Å²) < 4.78 is 15.8. The van der Waals surface area contributed by atoms with Crippen molar-refractivity contribution in [1.29, 1.82) is 0 Å². The Morgan fingerprint density at radius 3 is 2.64 bits per heavy atom. The summed E-state index contributed by atoms with van der Waals surface area (Å²) in [7, 11) is 1.58. The number of methoxy groups -OCH3 is 1. The van der Waals surface area contributed by atoms with Gasteiger partial charge in [0.25, 0.3) is 5.89 Å². The van der Waals surface area contributed by atoms with E-state index in [0.717, 1.165) is 16.9 Å². The van der Waals surface area contributed by atoms with Gasteiger partial charge in [-0.2, -0.15) is 4.98 Å². The van der Waals surface area contributed by atoms with Crippen molar-refractivity contribution in [3.63, 3.8) is 0 Å². The van der Waals surface area contributed by atoms with E-state index in [2.05, 4.69) is 10.1 Å². The lowest BCUT2D eigenvalue weighted by atomic mass is 10.2. The minimum absolute atomic E-state index is 0.0381. The molecule has 0 aliphatic heterocycles. The lowest BCUT2D eigenvalue weighted by Crippen LogP contribution is -2.01. The quantitative estimate of drug-likeness (QED) is 0.499. The van der Waals surface area contributed by atoms with Gasteiger partial charge in [0.1, 0.15) is 5.75 Å². The van der Waals surface area contributed by atoms with E-state index in [1.807, 2.05) is 0 Å². The van der Waals surface area contributed by atoms with Crippen LogP contribution in [0.25, 0.3) is 11.5 Å². The highest BCUT2D eigenvalue weighted by Crippen LogP contribution is 2.28. The van der Waals surface area contributed by atoms with E-state index in [9.17, 15) is 10.1 Å². The van der Waals surface area contributed by atoms with Gasteiger partial charge >= 0.3 is 5.69 Å². The van der Waals surface area contributed by atoms with E-state index in [1.54, 1.807) is 50.4 Å². The van der Waals surface area contributed by atoms with Crippen molar-refractivity contribution in [2.24, 2.45) is 0 Å². The van der Waals surface area contributed by atoms with Gasteiger partial charge in [0.15, 0.2) is 12.4 Å². The summed E-state index contributed by atoms with van der Waals surface area (Å²) in [6.45, 7) is 1.74. The first-order valence-corrected chi connectivity index (χ1v) is 7.41. The summed E-state index contributed by atoms with van der Waals surface area (Å²) >= 11 is 0. The third-order valence-electron chi connectivity index (χ3n) is 3.47. The van der Waals surface area contributed by atoms with Crippen molar-refractivity contribution in [2.45, 2.75) is 13.5 Å². The maximum Gasteiger partial charge on any atom is 0.311 e. The molecule has 0 spiro atoms. The van der Waals surface area contributed by atoms with E-state index in [-0.39, 0.29) is 18.0 Å². The number of hydrogen-bond donors (Lipinski definition) is 0. The van der Waals surface area contributed by atoms with E-state index in [1.165, 1.54) is 6.07 Å². The minimum atomic E-state index is -0.485. The average Bonchev–Trinajstić information content (AvgIpc) is 3.09. The summed E-state index contributed by atoms with van der Waals surface area (Å²) in [6.07, 6.45) is 0. The van der Waals surface area contributed by atoms with Crippen molar-refractivity contribution >= 4 is 5.69 Å². The van der Waals surface area contributed by atoms with Gasteiger partial charge in [-0.05, 0) is 42.8 Å². The average molecular weight is 341 g/mol. The van der Waals surface area contributed by atoms with E-state index >= 15 is 0 Å². The zero-order chi connectivity index (χ0) is 17.8. The molecule has 1 aromatic heterocycles. The molecule has 25 heavy (non-hydrogen) atoms.